The van der Waals surface area contributed by atoms with Crippen molar-refractivity contribution in [3.05, 3.63) is 12.7 Å². The van der Waals surface area contributed by atoms with Crippen molar-refractivity contribution in [3.8, 4) is 0 Å². The Morgan fingerprint density at radius 2 is 1.90 bits per heavy atom. The zero-order valence-corrected chi connectivity index (χ0v) is 13.4. The first-order chi connectivity index (χ1) is 9.70. The first-order valence-electron chi connectivity index (χ1n) is 7.46. The second-order valence-corrected chi connectivity index (χ2v) is 6.99. The Hall–Kier alpha value is -1.52. The Bertz CT molecular complexity index is 390. The molecule has 0 atom stereocenters. The molecule has 0 aromatic heterocycles. The van der Waals surface area contributed by atoms with Crippen LogP contribution < -0.4 is 0 Å². The Morgan fingerprint density at radius 1 is 1.33 bits per heavy atom. The molecule has 21 heavy (non-hydrogen) atoms. The number of rotatable bonds is 5. The number of hydrogen-bond acceptors (Lipinski definition) is 3. The van der Waals surface area contributed by atoms with Gasteiger partial charge in [0.1, 0.15) is 0 Å². The molecule has 0 unspecified atom stereocenters. The summed E-state index contributed by atoms with van der Waals surface area (Å²) in [5, 5.41) is 9.00. The predicted molar refractivity (Wildman–Crippen MR) is 81.1 cm³/mol. The van der Waals surface area contributed by atoms with Gasteiger partial charge in [-0.3, -0.25) is 4.79 Å². The Kier molecular flexibility index (Phi) is 5.81. The van der Waals surface area contributed by atoms with Gasteiger partial charge in [-0.05, 0) is 31.1 Å². The van der Waals surface area contributed by atoms with Crippen LogP contribution in [0.4, 0.5) is 4.79 Å². The van der Waals surface area contributed by atoms with E-state index in [1.54, 1.807) is 6.08 Å². The van der Waals surface area contributed by atoms with Crippen molar-refractivity contribution in [2.45, 2.75) is 46.5 Å². The fraction of sp³-hybridized carbons (Fsp3) is 0.750. The van der Waals surface area contributed by atoms with Gasteiger partial charge in [-0.25, -0.2) is 4.79 Å². The molecule has 0 bridgehead atoms. The molecule has 5 heteroatoms. The highest BCUT2D eigenvalue weighted by Gasteiger charge is 2.42. The first kappa shape index (κ1) is 17.5. The fourth-order valence-electron chi connectivity index (χ4n) is 2.50. The number of carbonyl (C=O) groups excluding carboxylic acids is 1. The monoisotopic (exact) mass is 297 g/mol. The van der Waals surface area contributed by atoms with E-state index in [0.29, 0.717) is 39.0 Å². The smallest absolute Gasteiger partial charge is 0.407 e. The maximum atomic E-state index is 12.4. The zero-order valence-electron chi connectivity index (χ0n) is 13.4. The van der Waals surface area contributed by atoms with Crippen molar-refractivity contribution >= 4 is 12.1 Å². The lowest BCUT2D eigenvalue weighted by Gasteiger charge is -2.38. The molecule has 0 aromatic carbocycles. The van der Waals surface area contributed by atoms with Crippen LogP contribution in [0.15, 0.2) is 12.7 Å². The number of carbonyl (C=O) groups is 2. The van der Waals surface area contributed by atoms with Gasteiger partial charge in [-0.15, -0.1) is 6.58 Å². The highest BCUT2D eigenvalue weighted by atomic mass is 16.5. The lowest BCUT2D eigenvalue weighted by atomic mass is 9.75. The number of piperidine rings is 1. The van der Waals surface area contributed by atoms with Crippen molar-refractivity contribution in [2.24, 2.45) is 10.8 Å². The third kappa shape index (κ3) is 5.06. The van der Waals surface area contributed by atoms with E-state index in [1.165, 1.54) is 4.90 Å². The summed E-state index contributed by atoms with van der Waals surface area (Å²) < 4.78 is 5.46. The van der Waals surface area contributed by atoms with Crippen molar-refractivity contribution in [1.82, 2.24) is 4.90 Å². The van der Waals surface area contributed by atoms with Gasteiger partial charge in [-0.1, -0.05) is 26.8 Å². The molecule has 120 valence electrons. The quantitative estimate of drug-likeness (QED) is 0.624. The van der Waals surface area contributed by atoms with Gasteiger partial charge in [0.2, 0.25) is 0 Å². The summed E-state index contributed by atoms with van der Waals surface area (Å²) in [6.45, 7) is 11.2. The molecule has 1 saturated heterocycles. The summed E-state index contributed by atoms with van der Waals surface area (Å²) >= 11 is 0. The maximum Gasteiger partial charge on any atom is 0.407 e. The van der Waals surface area contributed by atoms with Gasteiger partial charge in [0.25, 0.3) is 0 Å². The highest BCUT2D eigenvalue weighted by Crippen LogP contribution is 2.37. The number of nitrogens with zero attached hydrogens (tertiary/aromatic N) is 1. The van der Waals surface area contributed by atoms with Crippen molar-refractivity contribution in [3.63, 3.8) is 0 Å². The molecule has 0 aliphatic carbocycles. The summed E-state index contributed by atoms with van der Waals surface area (Å²) in [5.41, 5.74) is -0.482. The van der Waals surface area contributed by atoms with Crippen LogP contribution in [0.1, 0.15) is 46.5 Å². The van der Waals surface area contributed by atoms with Crippen LogP contribution in [-0.2, 0) is 9.53 Å². The second-order valence-electron chi connectivity index (χ2n) is 6.99. The van der Waals surface area contributed by atoms with Crippen LogP contribution in [0.2, 0.25) is 0 Å². The van der Waals surface area contributed by atoms with Crippen LogP contribution in [0.25, 0.3) is 0 Å². The summed E-state index contributed by atoms with van der Waals surface area (Å²) in [6, 6.07) is 0. The van der Waals surface area contributed by atoms with Gasteiger partial charge in [-0.2, -0.15) is 0 Å². The Labute approximate surface area is 127 Å². The number of allylic oxidation sites excluding steroid dienone is 1. The van der Waals surface area contributed by atoms with Crippen molar-refractivity contribution in [2.75, 3.05) is 19.7 Å². The molecule has 0 spiro atoms. The Morgan fingerprint density at radius 3 is 2.33 bits per heavy atom. The van der Waals surface area contributed by atoms with Crippen LogP contribution in [0.3, 0.4) is 0 Å². The lowest BCUT2D eigenvalue weighted by molar-refractivity contribution is -0.159. The predicted octanol–water partition coefficient (Wildman–Crippen LogP) is 3.30. The third-order valence-corrected chi connectivity index (χ3v) is 4.04. The minimum Gasteiger partial charge on any atom is -0.465 e. The molecular weight excluding hydrogens is 270 g/mol. The molecule has 1 fully saturated rings. The van der Waals surface area contributed by atoms with E-state index >= 15 is 0 Å². The van der Waals surface area contributed by atoms with E-state index < -0.39 is 11.5 Å². The van der Waals surface area contributed by atoms with Crippen LogP contribution in [0.5, 0.6) is 0 Å². The molecule has 1 heterocycles. The van der Waals surface area contributed by atoms with Gasteiger partial charge in [0.05, 0.1) is 12.0 Å². The molecule has 1 amide bonds. The minimum absolute atomic E-state index is 0.124. The van der Waals surface area contributed by atoms with E-state index in [-0.39, 0.29) is 11.4 Å². The molecule has 0 aromatic rings. The molecule has 5 nitrogen and oxygen atoms in total. The summed E-state index contributed by atoms with van der Waals surface area (Å²) in [6.07, 6.45) is 3.14. The number of likely N-dealkylation sites (tertiary alicyclic amines) is 1. The molecule has 1 N–H and O–H groups in total. The van der Waals surface area contributed by atoms with Crippen molar-refractivity contribution < 1.29 is 19.4 Å². The van der Waals surface area contributed by atoms with Crippen molar-refractivity contribution in [1.29, 1.82) is 0 Å². The van der Waals surface area contributed by atoms with Gasteiger partial charge < -0.3 is 14.7 Å². The van der Waals surface area contributed by atoms with Crippen LogP contribution in [0, 0.1) is 10.8 Å². The van der Waals surface area contributed by atoms with E-state index in [4.69, 9.17) is 9.84 Å². The number of esters is 1. The minimum atomic E-state index is -0.927. The largest absolute Gasteiger partial charge is 0.465 e. The molecule has 1 aliphatic heterocycles. The number of carboxylic acid groups (broad SMARTS) is 1. The summed E-state index contributed by atoms with van der Waals surface area (Å²) in [5.74, 6) is -0.211. The average Bonchev–Trinajstić information content (AvgIpc) is 2.38. The molecule has 0 saturated carbocycles. The summed E-state index contributed by atoms with van der Waals surface area (Å²) in [4.78, 5) is 24.8. The lowest BCUT2D eigenvalue weighted by Crippen LogP contribution is -2.46. The fourth-order valence-corrected chi connectivity index (χ4v) is 2.50. The molecule has 0 radical (unpaired) electrons. The van der Waals surface area contributed by atoms with E-state index in [9.17, 15) is 9.59 Å². The second kappa shape index (κ2) is 6.96. The maximum absolute atomic E-state index is 12.4. The normalized spacial score (nSPS) is 18.1. The first-order valence-corrected chi connectivity index (χ1v) is 7.46. The van der Waals surface area contributed by atoms with Gasteiger partial charge in [0.15, 0.2) is 0 Å². The molecule has 1 aliphatic rings. The van der Waals surface area contributed by atoms with Gasteiger partial charge in [0, 0.05) is 13.1 Å². The zero-order chi connectivity index (χ0) is 16.1. The number of ether oxygens (including phenoxy) is 1. The van der Waals surface area contributed by atoms with E-state index in [2.05, 4.69) is 27.4 Å². The van der Waals surface area contributed by atoms with Crippen LogP contribution >= 0.6 is 0 Å². The summed E-state index contributed by atoms with van der Waals surface area (Å²) in [7, 11) is 0. The average molecular weight is 297 g/mol. The van der Waals surface area contributed by atoms with Crippen LogP contribution in [-0.4, -0.2) is 41.8 Å². The third-order valence-electron chi connectivity index (χ3n) is 4.04. The number of hydrogen-bond donors (Lipinski definition) is 1. The molecular formula is C16H27NO4. The number of amides is 1. The van der Waals surface area contributed by atoms with E-state index in [1.807, 2.05) is 0 Å². The standard InChI is InChI=1S/C16H27NO4/c1-5-6-16(7-10-17(11-8-16)14(19)20)13(18)21-12-9-15(2,3)4/h5H,1,6-12H2,2-4H3,(H,19,20). The molecule has 1 rings (SSSR count). The van der Waals surface area contributed by atoms with E-state index in [0.717, 1.165) is 6.42 Å². The highest BCUT2D eigenvalue weighted by molar-refractivity contribution is 5.77. The SMILES string of the molecule is C=CCC1(C(=O)OCCC(C)(C)C)CCN(C(=O)O)CC1. The Balaban J connectivity index is 2.62. The van der Waals surface area contributed by atoms with Gasteiger partial charge >= 0.3 is 12.1 Å². The topological polar surface area (TPSA) is 66.8 Å².